The number of fused-ring (bicyclic) bond motifs is 1. The van der Waals surface area contributed by atoms with E-state index >= 15 is 0 Å². The number of halogens is 1. The molecule has 2 unspecified atom stereocenters. The van der Waals surface area contributed by atoms with Gasteiger partial charge in [0.1, 0.15) is 12.4 Å². The Kier molecular flexibility index (Phi) is 5.70. The van der Waals surface area contributed by atoms with Gasteiger partial charge in [-0.1, -0.05) is 6.07 Å². The Morgan fingerprint density at radius 3 is 2.65 bits per heavy atom. The predicted octanol–water partition coefficient (Wildman–Crippen LogP) is 1.22. The second-order valence-corrected chi connectivity index (χ2v) is 6.62. The number of alkyl halides is 1. The summed E-state index contributed by atoms with van der Waals surface area (Å²) in [6, 6.07) is 7.32. The highest BCUT2D eigenvalue weighted by molar-refractivity contribution is 6.21. The highest BCUT2D eigenvalue weighted by Gasteiger charge is 2.37. The lowest BCUT2D eigenvalue weighted by Crippen LogP contribution is -2.45. The number of likely N-dealkylation sites (tertiary alicyclic amines) is 1. The lowest BCUT2D eigenvalue weighted by Gasteiger charge is -2.25. The van der Waals surface area contributed by atoms with Gasteiger partial charge in [-0.3, -0.25) is 19.5 Å². The molecule has 1 fully saturated rings. The molecule has 1 aromatic carbocycles. The van der Waals surface area contributed by atoms with Gasteiger partial charge in [0.05, 0.1) is 23.7 Å². The molecular formula is C18H19ClN2O5. The third-order valence-electron chi connectivity index (χ3n) is 4.19. The first-order valence-electron chi connectivity index (χ1n) is 8.29. The van der Waals surface area contributed by atoms with Gasteiger partial charge < -0.3 is 14.9 Å². The molecular weight excluding hydrogens is 360 g/mol. The number of carbonyl (C=O) groups excluding carboxylic acids is 2. The molecule has 26 heavy (non-hydrogen) atoms. The molecule has 0 saturated carbocycles. The van der Waals surface area contributed by atoms with Crippen molar-refractivity contribution in [1.82, 2.24) is 9.88 Å². The van der Waals surface area contributed by atoms with Crippen molar-refractivity contribution >= 4 is 34.3 Å². The normalized spacial score (nSPS) is 17.0. The zero-order valence-corrected chi connectivity index (χ0v) is 14.7. The maximum absolute atomic E-state index is 11.7. The molecule has 2 aromatic rings. The third-order valence-corrected chi connectivity index (χ3v) is 4.57. The number of hydrogen-bond donors (Lipinski definition) is 2. The molecule has 1 saturated heterocycles. The van der Waals surface area contributed by atoms with Gasteiger partial charge in [0.15, 0.2) is 6.23 Å². The van der Waals surface area contributed by atoms with Crippen molar-refractivity contribution in [3.63, 3.8) is 0 Å². The number of rotatable bonds is 7. The number of imide groups is 1. The number of ether oxygens (including phenoxy) is 1. The summed E-state index contributed by atoms with van der Waals surface area (Å²) in [5.74, 6) is -0.262. The van der Waals surface area contributed by atoms with E-state index in [1.807, 2.05) is 18.2 Å². The van der Waals surface area contributed by atoms with Crippen LogP contribution in [0.15, 0.2) is 30.5 Å². The summed E-state index contributed by atoms with van der Waals surface area (Å²) < 4.78 is 5.35. The van der Waals surface area contributed by atoms with E-state index in [-0.39, 0.29) is 32.5 Å². The molecule has 0 aliphatic carbocycles. The van der Waals surface area contributed by atoms with Gasteiger partial charge in [-0.25, -0.2) is 0 Å². The fraction of sp³-hybridized carbons (Fsp3) is 0.389. The molecule has 7 nitrogen and oxygen atoms in total. The molecule has 138 valence electrons. The van der Waals surface area contributed by atoms with Crippen molar-refractivity contribution in [3.05, 3.63) is 36.0 Å². The summed E-state index contributed by atoms with van der Waals surface area (Å²) in [7, 11) is 0. The quantitative estimate of drug-likeness (QED) is 0.555. The van der Waals surface area contributed by atoms with Crippen LogP contribution in [0.4, 0.5) is 0 Å². The van der Waals surface area contributed by atoms with Crippen molar-refractivity contribution in [3.8, 4) is 5.75 Å². The predicted molar refractivity (Wildman–Crippen MR) is 94.8 cm³/mol. The second kappa shape index (κ2) is 7.99. The Labute approximate surface area is 155 Å². The van der Waals surface area contributed by atoms with Gasteiger partial charge in [0, 0.05) is 18.2 Å². The molecule has 3 rings (SSSR count). The fourth-order valence-electron chi connectivity index (χ4n) is 2.91. The number of nitrogens with zero attached hydrogens (tertiary/aromatic N) is 2. The van der Waals surface area contributed by atoms with Crippen LogP contribution in [0, 0.1) is 0 Å². The molecule has 2 N–H and O–H groups in total. The number of benzene rings is 1. The number of pyridine rings is 1. The van der Waals surface area contributed by atoms with Crippen molar-refractivity contribution < 1.29 is 24.5 Å². The fourth-order valence-corrected chi connectivity index (χ4v) is 3.20. The number of hydrogen-bond acceptors (Lipinski definition) is 6. The van der Waals surface area contributed by atoms with Gasteiger partial charge in [-0.2, -0.15) is 0 Å². The molecule has 0 bridgehead atoms. The molecule has 2 amide bonds. The van der Waals surface area contributed by atoms with E-state index in [1.165, 1.54) is 0 Å². The lowest BCUT2D eigenvalue weighted by atomic mass is 10.1. The molecule has 8 heteroatoms. The van der Waals surface area contributed by atoms with E-state index in [2.05, 4.69) is 4.98 Å². The Morgan fingerprint density at radius 2 is 1.96 bits per heavy atom. The van der Waals surface area contributed by atoms with Crippen molar-refractivity contribution in [2.24, 2.45) is 0 Å². The Hall–Kier alpha value is -2.22. The molecule has 0 radical (unpaired) electrons. The van der Waals surface area contributed by atoms with Crippen LogP contribution < -0.4 is 4.74 Å². The van der Waals surface area contributed by atoms with Crippen LogP contribution in [-0.2, 0) is 16.0 Å². The zero-order valence-electron chi connectivity index (χ0n) is 14.0. The van der Waals surface area contributed by atoms with Crippen LogP contribution in [0.5, 0.6) is 5.75 Å². The summed E-state index contributed by atoms with van der Waals surface area (Å²) in [6.45, 7) is 0.0958. The highest BCUT2D eigenvalue weighted by Crippen LogP contribution is 2.24. The van der Waals surface area contributed by atoms with E-state index < -0.39 is 23.4 Å². The van der Waals surface area contributed by atoms with E-state index in [0.29, 0.717) is 5.75 Å². The largest absolute Gasteiger partial charge is 0.490 e. The summed E-state index contributed by atoms with van der Waals surface area (Å²) >= 11 is 6.26. The van der Waals surface area contributed by atoms with Crippen molar-refractivity contribution in [1.29, 1.82) is 0 Å². The summed E-state index contributed by atoms with van der Waals surface area (Å²) in [4.78, 5) is 28.6. The molecule has 1 aromatic heterocycles. The summed E-state index contributed by atoms with van der Waals surface area (Å²) in [5.41, 5.74) is 1.60. The van der Waals surface area contributed by atoms with Crippen LogP contribution in [-0.4, -0.2) is 56.7 Å². The summed E-state index contributed by atoms with van der Waals surface area (Å²) in [5, 5.41) is 19.1. The third kappa shape index (κ3) is 3.95. The standard InChI is InChI=1S/C18H19ClN2O5/c19-14(18(25)21-16(23)3-4-17(21)24)8-11-1-2-15-12(7-11)9-13(10-20-15)26-6-5-22/h1-2,7,9-10,14,18,22,25H,3-6,8H2. The first kappa shape index (κ1) is 18.6. The van der Waals surface area contributed by atoms with E-state index in [4.69, 9.17) is 21.4 Å². The van der Waals surface area contributed by atoms with Gasteiger partial charge in [-0.15, -0.1) is 11.6 Å². The van der Waals surface area contributed by atoms with Crippen molar-refractivity contribution in [2.45, 2.75) is 30.9 Å². The SMILES string of the molecule is O=C1CCC(=O)N1C(O)C(Cl)Cc1ccc2ncc(OCCO)cc2c1. The van der Waals surface area contributed by atoms with Crippen LogP contribution in [0.3, 0.4) is 0 Å². The van der Waals surface area contributed by atoms with Crippen LogP contribution in [0.25, 0.3) is 10.9 Å². The first-order chi connectivity index (χ1) is 12.5. The van der Waals surface area contributed by atoms with E-state index in [0.717, 1.165) is 21.4 Å². The maximum Gasteiger partial charge on any atom is 0.231 e. The first-order valence-corrected chi connectivity index (χ1v) is 8.72. The molecule has 2 atom stereocenters. The smallest absolute Gasteiger partial charge is 0.231 e. The van der Waals surface area contributed by atoms with Crippen LogP contribution >= 0.6 is 11.6 Å². The van der Waals surface area contributed by atoms with Gasteiger partial charge in [0.25, 0.3) is 0 Å². The Morgan fingerprint density at radius 1 is 1.23 bits per heavy atom. The topological polar surface area (TPSA) is 100.0 Å². The zero-order chi connectivity index (χ0) is 18.7. The maximum atomic E-state index is 11.7. The Balaban J connectivity index is 1.75. The molecule has 0 spiro atoms. The van der Waals surface area contributed by atoms with E-state index in [9.17, 15) is 14.7 Å². The summed E-state index contributed by atoms with van der Waals surface area (Å²) in [6.07, 6.45) is 0.718. The number of aliphatic hydroxyl groups excluding tert-OH is 2. The van der Waals surface area contributed by atoms with Gasteiger partial charge >= 0.3 is 0 Å². The number of carbonyl (C=O) groups is 2. The van der Waals surface area contributed by atoms with Gasteiger partial charge in [0.2, 0.25) is 11.8 Å². The minimum atomic E-state index is -1.35. The number of amides is 2. The van der Waals surface area contributed by atoms with Crippen LogP contribution in [0.1, 0.15) is 18.4 Å². The highest BCUT2D eigenvalue weighted by atomic mass is 35.5. The van der Waals surface area contributed by atoms with Gasteiger partial charge in [-0.05, 0) is 30.2 Å². The monoisotopic (exact) mass is 378 g/mol. The second-order valence-electron chi connectivity index (χ2n) is 6.06. The molecule has 1 aliphatic rings. The van der Waals surface area contributed by atoms with Crippen LogP contribution in [0.2, 0.25) is 0 Å². The Bertz CT molecular complexity index is 812. The van der Waals surface area contributed by atoms with Crippen molar-refractivity contribution in [2.75, 3.05) is 13.2 Å². The van der Waals surface area contributed by atoms with E-state index in [1.54, 1.807) is 12.3 Å². The average Bonchev–Trinajstić information content (AvgIpc) is 2.97. The average molecular weight is 379 g/mol. The molecule has 1 aliphatic heterocycles. The minimum Gasteiger partial charge on any atom is -0.490 e. The molecule has 2 heterocycles. The number of aromatic nitrogens is 1. The lowest BCUT2D eigenvalue weighted by molar-refractivity contribution is -0.149. The number of aliphatic hydroxyl groups is 2. The minimum absolute atomic E-state index is 0.0855.